The molecule has 3 amide bonds. The van der Waals surface area contributed by atoms with Gasteiger partial charge in [0.15, 0.2) is 0 Å². The molecule has 0 spiro atoms. The van der Waals surface area contributed by atoms with Gasteiger partial charge >= 0.3 is 6.09 Å². The Bertz CT molecular complexity index is 1430. The number of nitrogens with zero attached hydrogens (tertiary/aromatic N) is 2. The van der Waals surface area contributed by atoms with Crippen LogP contribution in [0.15, 0.2) is 48.5 Å². The molecule has 8 nitrogen and oxygen atoms in total. The number of nitrogens with one attached hydrogen (secondary N) is 1. The molecule has 3 N–H and O–H groups in total. The van der Waals surface area contributed by atoms with Crippen molar-refractivity contribution in [3.8, 4) is 0 Å². The number of amides is 3. The van der Waals surface area contributed by atoms with Crippen LogP contribution in [0.4, 0.5) is 4.79 Å². The lowest BCUT2D eigenvalue weighted by Gasteiger charge is -2.51. The van der Waals surface area contributed by atoms with E-state index in [1.165, 1.54) is 24.8 Å². The fraction of sp³-hybridized carbons (Fsp3) is 0.605. The molecule has 2 aliphatic carbocycles. The van der Waals surface area contributed by atoms with E-state index >= 15 is 0 Å². The van der Waals surface area contributed by atoms with Gasteiger partial charge in [-0.3, -0.25) is 14.5 Å². The van der Waals surface area contributed by atoms with Crippen molar-refractivity contribution in [1.29, 1.82) is 0 Å². The molecule has 2 aromatic carbocycles. The van der Waals surface area contributed by atoms with Crippen molar-refractivity contribution in [3.05, 3.63) is 70.2 Å². The molecule has 0 aromatic heterocycles. The van der Waals surface area contributed by atoms with E-state index in [0.29, 0.717) is 50.0 Å². The summed E-state index contributed by atoms with van der Waals surface area (Å²) in [5, 5.41) is 3.81. The van der Waals surface area contributed by atoms with E-state index in [4.69, 9.17) is 22.1 Å². The third kappa shape index (κ3) is 7.34. The number of rotatable bonds is 8. The fourth-order valence-electron chi connectivity index (χ4n) is 8.66. The first-order chi connectivity index (χ1) is 22.6. The summed E-state index contributed by atoms with van der Waals surface area (Å²) < 4.78 is 5.50. The number of hydrogen-bond acceptors (Lipinski definition) is 5. The van der Waals surface area contributed by atoms with Crippen molar-refractivity contribution in [1.82, 2.24) is 15.1 Å². The number of carbonyl (C=O) groups excluding carboxylic acids is 3. The molecular weight excluding hydrogens is 612 g/mol. The van der Waals surface area contributed by atoms with Crippen LogP contribution in [0.2, 0.25) is 5.02 Å². The largest absolute Gasteiger partial charge is 0.447 e. The van der Waals surface area contributed by atoms with Gasteiger partial charge in [-0.05, 0) is 98.9 Å². The summed E-state index contributed by atoms with van der Waals surface area (Å²) >= 11 is 6.18. The minimum absolute atomic E-state index is 0.0611. The van der Waals surface area contributed by atoms with Crippen molar-refractivity contribution < 1.29 is 19.1 Å². The minimum Gasteiger partial charge on any atom is -0.447 e. The molecule has 6 rings (SSSR count). The number of benzene rings is 2. The van der Waals surface area contributed by atoms with Crippen LogP contribution >= 0.6 is 11.6 Å². The molecule has 2 saturated heterocycles. The molecule has 1 saturated carbocycles. The molecule has 2 unspecified atom stereocenters. The van der Waals surface area contributed by atoms with Gasteiger partial charge in [0.1, 0.15) is 12.6 Å². The molecule has 3 fully saturated rings. The highest BCUT2D eigenvalue weighted by Gasteiger charge is 2.49. The van der Waals surface area contributed by atoms with Crippen LogP contribution in [0.25, 0.3) is 0 Å². The highest BCUT2D eigenvalue weighted by molar-refractivity contribution is 6.30. The maximum atomic E-state index is 14.4. The predicted molar refractivity (Wildman–Crippen MR) is 184 cm³/mol. The van der Waals surface area contributed by atoms with Crippen LogP contribution in [0.3, 0.4) is 0 Å². The third-order valence-electron chi connectivity index (χ3n) is 11.6. The third-order valence-corrected chi connectivity index (χ3v) is 11.9. The summed E-state index contributed by atoms with van der Waals surface area (Å²) in [7, 11) is 0. The predicted octanol–water partition coefficient (Wildman–Crippen LogP) is 6.44. The van der Waals surface area contributed by atoms with Gasteiger partial charge in [-0.25, -0.2) is 4.79 Å². The number of likely N-dealkylation sites (tertiary alicyclic amines) is 1. The average Bonchev–Trinajstić information content (AvgIpc) is 3.22. The Morgan fingerprint density at radius 1 is 1.00 bits per heavy atom. The molecule has 254 valence electrons. The van der Waals surface area contributed by atoms with E-state index in [1.54, 1.807) is 0 Å². The topological polar surface area (TPSA) is 105 Å². The number of piperidine rings is 1. The second kappa shape index (κ2) is 14.2. The number of nitrogens with two attached hydrogens (primary N) is 1. The van der Waals surface area contributed by atoms with Crippen LogP contribution in [0.5, 0.6) is 0 Å². The van der Waals surface area contributed by atoms with Crippen molar-refractivity contribution in [2.75, 3.05) is 26.2 Å². The second-order valence-electron chi connectivity index (χ2n) is 15.1. The number of hydrogen-bond donors (Lipinski definition) is 2. The first kappa shape index (κ1) is 33.8. The summed E-state index contributed by atoms with van der Waals surface area (Å²) in [6.45, 7) is 6.42. The SMILES string of the molecule is CC1(C)COC(=O)N1CC1(C2CCCCC2)CCN(C(=O)[C@@H](Cc2ccc(Cl)cc2)NC(=O)C2CCCc3ccccc3C2N)CC1. The van der Waals surface area contributed by atoms with E-state index in [-0.39, 0.29) is 28.9 Å². The zero-order valence-corrected chi connectivity index (χ0v) is 28.8. The monoisotopic (exact) mass is 662 g/mol. The van der Waals surface area contributed by atoms with E-state index in [2.05, 4.69) is 25.2 Å². The van der Waals surface area contributed by atoms with Gasteiger partial charge in [-0.15, -0.1) is 0 Å². The Hall–Kier alpha value is -3.10. The maximum absolute atomic E-state index is 14.4. The minimum atomic E-state index is -0.718. The Labute approximate surface area is 284 Å². The molecule has 3 atom stereocenters. The van der Waals surface area contributed by atoms with Crippen molar-refractivity contribution in [3.63, 3.8) is 0 Å². The van der Waals surface area contributed by atoms with Crippen LogP contribution in [-0.4, -0.2) is 65.5 Å². The zero-order chi connectivity index (χ0) is 33.2. The summed E-state index contributed by atoms with van der Waals surface area (Å²) in [6, 6.07) is 14.5. The Balaban J connectivity index is 1.20. The maximum Gasteiger partial charge on any atom is 0.410 e. The van der Waals surface area contributed by atoms with Gasteiger partial charge in [0.2, 0.25) is 11.8 Å². The van der Waals surface area contributed by atoms with E-state index in [9.17, 15) is 14.4 Å². The van der Waals surface area contributed by atoms with Gasteiger partial charge in [-0.2, -0.15) is 0 Å². The van der Waals surface area contributed by atoms with Gasteiger partial charge in [0.05, 0.1) is 11.5 Å². The van der Waals surface area contributed by atoms with Gasteiger partial charge in [0, 0.05) is 37.1 Å². The van der Waals surface area contributed by atoms with Crippen molar-refractivity contribution in [2.24, 2.45) is 23.0 Å². The number of aryl methyl sites for hydroxylation is 1. The number of ether oxygens (including phenoxy) is 1. The number of carbonyl (C=O) groups is 3. The molecule has 0 bridgehead atoms. The van der Waals surface area contributed by atoms with Crippen molar-refractivity contribution >= 4 is 29.5 Å². The number of cyclic esters (lactones) is 1. The van der Waals surface area contributed by atoms with Gasteiger partial charge < -0.3 is 20.7 Å². The summed E-state index contributed by atoms with van der Waals surface area (Å²) in [4.78, 5) is 45.1. The lowest BCUT2D eigenvalue weighted by Crippen LogP contribution is -2.58. The van der Waals surface area contributed by atoms with Gasteiger partial charge in [0.25, 0.3) is 0 Å². The van der Waals surface area contributed by atoms with E-state index in [0.717, 1.165) is 49.7 Å². The highest BCUT2D eigenvalue weighted by Crippen LogP contribution is 2.48. The molecule has 2 aliphatic heterocycles. The fourth-order valence-corrected chi connectivity index (χ4v) is 8.79. The first-order valence-electron chi connectivity index (χ1n) is 17.7. The quantitative estimate of drug-likeness (QED) is 0.317. The number of halogens is 1. The van der Waals surface area contributed by atoms with Crippen molar-refractivity contribution in [2.45, 2.75) is 102 Å². The normalized spacial score (nSPS) is 25.0. The summed E-state index contributed by atoms with van der Waals surface area (Å²) in [5.41, 5.74) is 9.49. The lowest BCUT2D eigenvalue weighted by molar-refractivity contribution is -0.140. The Morgan fingerprint density at radius 3 is 2.38 bits per heavy atom. The average molecular weight is 663 g/mol. The number of fused-ring (bicyclic) bond motifs is 1. The molecule has 4 aliphatic rings. The van der Waals surface area contributed by atoms with Crippen LogP contribution in [0.1, 0.15) is 94.4 Å². The second-order valence-corrected chi connectivity index (χ2v) is 15.5. The highest BCUT2D eigenvalue weighted by atomic mass is 35.5. The Kier molecular flexibility index (Phi) is 10.2. The van der Waals surface area contributed by atoms with Crippen LogP contribution in [-0.2, 0) is 27.2 Å². The van der Waals surface area contributed by atoms with Gasteiger partial charge in [-0.1, -0.05) is 67.3 Å². The van der Waals surface area contributed by atoms with E-state index in [1.807, 2.05) is 52.3 Å². The lowest BCUT2D eigenvalue weighted by atomic mass is 9.63. The standard InChI is InChI=1S/C38H51ClN4O4/c1-37(2)25-47-36(46)43(37)24-38(28-11-4-3-5-12-28)19-21-42(22-20-38)35(45)32(23-26-15-17-29(39)18-16-26)41-34(44)31-14-8-10-27-9-6-7-13-30(27)33(31)40/h6-7,9,13,15-18,28,31-33H,3-5,8,10-12,14,19-25,40H2,1-2H3,(H,41,44)/t31?,32-,33?/m1/s1. The van der Waals surface area contributed by atoms with E-state index < -0.39 is 18.0 Å². The smallest absolute Gasteiger partial charge is 0.410 e. The molecule has 2 heterocycles. The molecule has 9 heteroatoms. The Morgan fingerprint density at radius 2 is 1.70 bits per heavy atom. The van der Waals surface area contributed by atoms with Crippen LogP contribution in [0, 0.1) is 17.3 Å². The molecule has 47 heavy (non-hydrogen) atoms. The molecule has 2 aromatic rings. The summed E-state index contributed by atoms with van der Waals surface area (Å²) in [5.74, 6) is -0.121. The van der Waals surface area contributed by atoms with Crippen LogP contribution < -0.4 is 11.1 Å². The zero-order valence-electron chi connectivity index (χ0n) is 28.0. The first-order valence-corrected chi connectivity index (χ1v) is 18.1. The molecular formula is C38H51ClN4O4. The summed E-state index contributed by atoms with van der Waals surface area (Å²) in [6.07, 6.45) is 10.3. The molecule has 0 radical (unpaired) electrons.